The molecule has 0 fully saturated rings. The van der Waals surface area contributed by atoms with Crippen molar-refractivity contribution < 1.29 is 4.42 Å². The Bertz CT molecular complexity index is 719. The molecule has 0 aliphatic heterocycles. The van der Waals surface area contributed by atoms with E-state index in [2.05, 4.69) is 0 Å². The molecule has 2 aromatic carbocycles. The second-order valence-electron chi connectivity index (χ2n) is 4.33. The highest BCUT2D eigenvalue weighted by molar-refractivity contribution is 5.92. The average molecular weight is 224 g/mol. The first kappa shape index (κ1) is 10.1. The summed E-state index contributed by atoms with van der Waals surface area (Å²) in [5, 5.41) is 1.31. The molecule has 2 heteroatoms. The van der Waals surface area contributed by atoms with Gasteiger partial charge in [0.1, 0.15) is 11.2 Å². The van der Waals surface area contributed by atoms with Gasteiger partial charge in [0.2, 0.25) is 5.43 Å². The van der Waals surface area contributed by atoms with E-state index in [0.29, 0.717) is 21.9 Å². The SMILES string of the molecule is Cc1cccc2c(=O)c3cccc(C)c3oc12. The van der Waals surface area contributed by atoms with Crippen LogP contribution in [0.5, 0.6) is 0 Å². The molecule has 0 saturated carbocycles. The molecule has 0 unspecified atom stereocenters. The van der Waals surface area contributed by atoms with Gasteiger partial charge < -0.3 is 4.42 Å². The second-order valence-corrected chi connectivity index (χ2v) is 4.33. The van der Waals surface area contributed by atoms with Gasteiger partial charge >= 0.3 is 0 Å². The van der Waals surface area contributed by atoms with Crippen LogP contribution in [0.4, 0.5) is 0 Å². The van der Waals surface area contributed by atoms with E-state index in [-0.39, 0.29) is 5.43 Å². The Morgan fingerprint density at radius 3 is 1.76 bits per heavy atom. The van der Waals surface area contributed by atoms with Crippen molar-refractivity contribution >= 4 is 21.9 Å². The topological polar surface area (TPSA) is 30.2 Å². The van der Waals surface area contributed by atoms with Crippen molar-refractivity contribution in [3.63, 3.8) is 0 Å². The molecule has 1 aromatic heterocycles. The lowest BCUT2D eigenvalue weighted by Gasteiger charge is -2.05. The Balaban J connectivity index is 2.68. The average Bonchev–Trinajstić information content (AvgIpc) is 2.32. The van der Waals surface area contributed by atoms with Crippen LogP contribution >= 0.6 is 0 Å². The normalized spacial score (nSPS) is 11.2. The van der Waals surface area contributed by atoms with E-state index in [1.807, 2.05) is 50.2 Å². The van der Waals surface area contributed by atoms with Crippen molar-refractivity contribution in [1.82, 2.24) is 0 Å². The molecular weight excluding hydrogens is 212 g/mol. The molecule has 2 nitrogen and oxygen atoms in total. The van der Waals surface area contributed by atoms with E-state index in [9.17, 15) is 4.79 Å². The number of benzene rings is 2. The van der Waals surface area contributed by atoms with Gasteiger partial charge in [0, 0.05) is 0 Å². The number of aryl methyl sites for hydroxylation is 2. The van der Waals surface area contributed by atoms with Gasteiger partial charge in [-0.1, -0.05) is 24.3 Å². The van der Waals surface area contributed by atoms with E-state index in [1.54, 1.807) is 0 Å². The highest BCUT2D eigenvalue weighted by atomic mass is 16.3. The van der Waals surface area contributed by atoms with E-state index in [4.69, 9.17) is 4.42 Å². The summed E-state index contributed by atoms with van der Waals surface area (Å²) in [6, 6.07) is 11.3. The van der Waals surface area contributed by atoms with Gasteiger partial charge in [0.25, 0.3) is 0 Å². The Morgan fingerprint density at radius 2 is 1.29 bits per heavy atom. The van der Waals surface area contributed by atoms with Gasteiger partial charge in [-0.3, -0.25) is 4.79 Å². The summed E-state index contributed by atoms with van der Waals surface area (Å²) in [6.07, 6.45) is 0. The third kappa shape index (κ3) is 1.37. The summed E-state index contributed by atoms with van der Waals surface area (Å²) >= 11 is 0. The van der Waals surface area contributed by atoms with Crippen molar-refractivity contribution in [1.29, 1.82) is 0 Å². The molecule has 0 amide bonds. The Hall–Kier alpha value is -2.09. The van der Waals surface area contributed by atoms with Crippen molar-refractivity contribution in [2.45, 2.75) is 13.8 Å². The minimum atomic E-state index is 0.0497. The standard InChI is InChI=1S/C15H12O2/c1-9-5-3-7-11-13(16)12-8-4-6-10(2)15(12)17-14(9)11/h3-8H,1-2H3. The number of rotatable bonds is 0. The van der Waals surface area contributed by atoms with E-state index >= 15 is 0 Å². The molecule has 0 aliphatic carbocycles. The molecule has 3 rings (SSSR count). The predicted octanol–water partition coefficient (Wildman–Crippen LogP) is 3.56. The maximum atomic E-state index is 12.3. The minimum Gasteiger partial charge on any atom is -0.455 e. The van der Waals surface area contributed by atoms with Crippen molar-refractivity contribution in [3.05, 3.63) is 57.7 Å². The van der Waals surface area contributed by atoms with Gasteiger partial charge in [-0.15, -0.1) is 0 Å². The summed E-state index contributed by atoms with van der Waals surface area (Å²) < 4.78 is 5.89. The third-order valence-corrected chi connectivity index (χ3v) is 3.12. The molecule has 0 saturated heterocycles. The number of fused-ring (bicyclic) bond motifs is 2. The summed E-state index contributed by atoms with van der Waals surface area (Å²) in [5.41, 5.74) is 3.42. The summed E-state index contributed by atoms with van der Waals surface area (Å²) in [7, 11) is 0. The summed E-state index contributed by atoms with van der Waals surface area (Å²) in [6.45, 7) is 3.91. The fourth-order valence-corrected chi connectivity index (χ4v) is 2.18. The molecular formula is C15H12O2. The maximum Gasteiger partial charge on any atom is 0.200 e. The van der Waals surface area contributed by atoms with Crippen LogP contribution in [0.2, 0.25) is 0 Å². The van der Waals surface area contributed by atoms with Crippen LogP contribution in [-0.4, -0.2) is 0 Å². The number of hydrogen-bond acceptors (Lipinski definition) is 2. The lowest BCUT2D eigenvalue weighted by molar-refractivity contribution is 0.653. The van der Waals surface area contributed by atoms with Crippen LogP contribution in [0.25, 0.3) is 21.9 Å². The van der Waals surface area contributed by atoms with Crippen molar-refractivity contribution in [2.24, 2.45) is 0 Å². The molecule has 17 heavy (non-hydrogen) atoms. The molecule has 1 heterocycles. The molecule has 0 radical (unpaired) electrons. The summed E-state index contributed by atoms with van der Waals surface area (Å²) in [5.74, 6) is 0. The van der Waals surface area contributed by atoms with Gasteiger partial charge in [-0.05, 0) is 37.1 Å². The zero-order chi connectivity index (χ0) is 12.0. The number of para-hydroxylation sites is 2. The fraction of sp³-hybridized carbons (Fsp3) is 0.133. The van der Waals surface area contributed by atoms with Crippen LogP contribution < -0.4 is 5.43 Å². The van der Waals surface area contributed by atoms with Crippen LogP contribution in [0.15, 0.2) is 45.6 Å². The second kappa shape index (κ2) is 3.45. The van der Waals surface area contributed by atoms with Gasteiger partial charge in [0.05, 0.1) is 10.8 Å². The van der Waals surface area contributed by atoms with Crippen molar-refractivity contribution in [2.75, 3.05) is 0 Å². The van der Waals surface area contributed by atoms with Crippen LogP contribution in [0, 0.1) is 13.8 Å². The van der Waals surface area contributed by atoms with Gasteiger partial charge in [-0.2, -0.15) is 0 Å². The first-order chi connectivity index (χ1) is 8.18. The molecule has 84 valence electrons. The highest BCUT2D eigenvalue weighted by Crippen LogP contribution is 2.23. The molecule has 0 N–H and O–H groups in total. The van der Waals surface area contributed by atoms with Gasteiger partial charge in [0.15, 0.2) is 0 Å². The fourth-order valence-electron chi connectivity index (χ4n) is 2.18. The smallest absolute Gasteiger partial charge is 0.200 e. The minimum absolute atomic E-state index is 0.0497. The van der Waals surface area contributed by atoms with E-state index < -0.39 is 0 Å². The quantitative estimate of drug-likeness (QED) is 0.546. The number of hydrogen-bond donors (Lipinski definition) is 0. The van der Waals surface area contributed by atoms with Gasteiger partial charge in [-0.25, -0.2) is 0 Å². The van der Waals surface area contributed by atoms with E-state index in [1.165, 1.54) is 0 Å². The van der Waals surface area contributed by atoms with Crippen LogP contribution in [-0.2, 0) is 0 Å². The lowest BCUT2D eigenvalue weighted by atomic mass is 10.1. The summed E-state index contributed by atoms with van der Waals surface area (Å²) in [4.78, 5) is 12.3. The van der Waals surface area contributed by atoms with Crippen molar-refractivity contribution in [3.8, 4) is 0 Å². The molecule has 0 spiro atoms. The van der Waals surface area contributed by atoms with Crippen LogP contribution in [0.1, 0.15) is 11.1 Å². The van der Waals surface area contributed by atoms with E-state index in [0.717, 1.165) is 11.1 Å². The monoisotopic (exact) mass is 224 g/mol. The van der Waals surface area contributed by atoms with Crippen LogP contribution in [0.3, 0.4) is 0 Å². The Labute approximate surface area is 98.5 Å². The first-order valence-corrected chi connectivity index (χ1v) is 5.60. The zero-order valence-corrected chi connectivity index (χ0v) is 9.78. The zero-order valence-electron chi connectivity index (χ0n) is 9.78. The molecule has 0 atom stereocenters. The highest BCUT2D eigenvalue weighted by Gasteiger charge is 2.09. The largest absolute Gasteiger partial charge is 0.455 e. The molecule has 0 bridgehead atoms. The molecule has 0 aliphatic rings. The maximum absolute atomic E-state index is 12.3. The predicted molar refractivity (Wildman–Crippen MR) is 69.5 cm³/mol. The third-order valence-electron chi connectivity index (χ3n) is 3.12. The Kier molecular flexibility index (Phi) is 2.05. The Morgan fingerprint density at radius 1 is 0.824 bits per heavy atom. The lowest BCUT2D eigenvalue weighted by Crippen LogP contribution is -2.03. The molecule has 3 aromatic rings. The first-order valence-electron chi connectivity index (χ1n) is 5.60.